The van der Waals surface area contributed by atoms with Gasteiger partial charge in [-0.2, -0.15) is 4.57 Å². The van der Waals surface area contributed by atoms with E-state index < -0.39 is 0 Å². The van der Waals surface area contributed by atoms with E-state index in [1.165, 1.54) is 12.8 Å². The van der Waals surface area contributed by atoms with Gasteiger partial charge in [-0.25, -0.2) is 9.36 Å². The van der Waals surface area contributed by atoms with Gasteiger partial charge in [0, 0.05) is 13.1 Å². The Morgan fingerprint density at radius 3 is 2.56 bits per heavy atom. The van der Waals surface area contributed by atoms with E-state index in [1.807, 2.05) is 35.2 Å². The molecule has 0 saturated carbocycles. The van der Waals surface area contributed by atoms with Crippen molar-refractivity contribution in [2.45, 2.75) is 32.6 Å². The maximum absolute atomic E-state index is 12.2. The van der Waals surface area contributed by atoms with Crippen LogP contribution in [0.25, 0.3) is 0 Å². The van der Waals surface area contributed by atoms with Gasteiger partial charge >= 0.3 is 6.03 Å². The highest BCUT2D eigenvalue weighted by Crippen LogP contribution is 2.21. The van der Waals surface area contributed by atoms with Gasteiger partial charge in [-0.05, 0) is 18.8 Å². The number of hydrogen-bond donors (Lipinski definition) is 0. The Balaban J connectivity index is 0.00000162. The van der Waals surface area contributed by atoms with E-state index in [-0.39, 0.29) is 30.0 Å². The summed E-state index contributed by atoms with van der Waals surface area (Å²) in [5.41, 5.74) is 0. The molecule has 0 aliphatic carbocycles. The van der Waals surface area contributed by atoms with Crippen LogP contribution in [0.2, 0.25) is 0 Å². The van der Waals surface area contributed by atoms with Crippen LogP contribution >= 0.6 is 0 Å². The molecule has 0 radical (unpaired) electrons. The Labute approximate surface area is 126 Å². The van der Waals surface area contributed by atoms with E-state index in [0.717, 1.165) is 31.8 Å². The Morgan fingerprint density at radius 2 is 2.06 bits per heavy atom. The Morgan fingerprint density at radius 1 is 1.39 bits per heavy atom. The normalized spacial score (nSPS) is 16.4. The van der Waals surface area contributed by atoms with Crippen LogP contribution < -0.4 is 28.5 Å². The number of hydrogen-bond acceptors (Lipinski definition) is 1. The fourth-order valence-electron chi connectivity index (χ4n) is 2.55. The number of nitrogens with zero attached hydrogens (tertiary/aromatic N) is 3. The van der Waals surface area contributed by atoms with E-state index in [1.54, 1.807) is 4.57 Å². The van der Waals surface area contributed by atoms with Crippen LogP contribution in [-0.4, -0.2) is 28.6 Å². The number of amides is 1. The van der Waals surface area contributed by atoms with Crippen molar-refractivity contribution in [2.24, 2.45) is 13.0 Å². The number of aromatic nitrogens is 2. The second-order valence-corrected chi connectivity index (χ2v) is 4.99. The molecule has 1 aliphatic rings. The lowest BCUT2D eigenvalue weighted by molar-refractivity contribution is -0.670. The molecule has 102 valence electrons. The molecule has 0 atom stereocenters. The van der Waals surface area contributed by atoms with E-state index in [0.29, 0.717) is 0 Å². The molecule has 5 heteroatoms. The number of piperidine rings is 1. The second kappa shape index (κ2) is 7.11. The summed E-state index contributed by atoms with van der Waals surface area (Å²) in [7, 11) is 1.93. The smallest absolute Gasteiger partial charge is 0.415 e. The average molecular weight is 363 g/mol. The SMILES string of the molecule is CCCC1CCN(C(=O)n2cc[n+](C)c2)CC1.[I-]. The van der Waals surface area contributed by atoms with Crippen molar-refractivity contribution in [1.29, 1.82) is 0 Å². The predicted molar refractivity (Wildman–Crippen MR) is 65.6 cm³/mol. The minimum atomic E-state index is 0. The minimum Gasteiger partial charge on any atom is -1.00 e. The van der Waals surface area contributed by atoms with Crippen LogP contribution in [0, 0.1) is 5.92 Å². The molecule has 1 amide bonds. The summed E-state index contributed by atoms with van der Waals surface area (Å²) in [6, 6.07) is 0.112. The largest absolute Gasteiger partial charge is 1.00 e. The topological polar surface area (TPSA) is 29.1 Å². The van der Waals surface area contributed by atoms with Gasteiger partial charge in [-0.1, -0.05) is 19.8 Å². The number of carbonyl (C=O) groups excluding carboxylic acids is 1. The van der Waals surface area contributed by atoms with Crippen LogP contribution in [-0.2, 0) is 7.05 Å². The number of carbonyl (C=O) groups is 1. The summed E-state index contributed by atoms with van der Waals surface area (Å²) in [5, 5.41) is 0. The maximum Gasteiger partial charge on any atom is 0.415 e. The molecule has 4 nitrogen and oxygen atoms in total. The van der Waals surface area contributed by atoms with Crippen molar-refractivity contribution in [3.05, 3.63) is 18.7 Å². The Bertz CT molecular complexity index is 383. The molecule has 1 aromatic rings. The van der Waals surface area contributed by atoms with Gasteiger partial charge < -0.3 is 28.9 Å². The van der Waals surface area contributed by atoms with Crippen LogP contribution in [0.1, 0.15) is 32.6 Å². The van der Waals surface area contributed by atoms with Crippen LogP contribution in [0.5, 0.6) is 0 Å². The Hall–Kier alpha value is -0.590. The van der Waals surface area contributed by atoms with Crippen molar-refractivity contribution in [3.8, 4) is 0 Å². The van der Waals surface area contributed by atoms with E-state index in [9.17, 15) is 4.79 Å². The predicted octanol–water partition coefficient (Wildman–Crippen LogP) is -1.20. The second-order valence-electron chi connectivity index (χ2n) is 4.99. The summed E-state index contributed by atoms with van der Waals surface area (Å²) in [5.74, 6) is 0.824. The first-order valence-corrected chi connectivity index (χ1v) is 6.53. The van der Waals surface area contributed by atoms with Crippen molar-refractivity contribution in [1.82, 2.24) is 9.47 Å². The molecule has 0 bridgehead atoms. The van der Waals surface area contributed by atoms with Crippen LogP contribution in [0.15, 0.2) is 18.7 Å². The third kappa shape index (κ3) is 3.70. The van der Waals surface area contributed by atoms with E-state index in [2.05, 4.69) is 6.92 Å². The molecule has 1 fully saturated rings. The fourth-order valence-corrected chi connectivity index (χ4v) is 2.55. The van der Waals surface area contributed by atoms with Gasteiger partial charge in [0.2, 0.25) is 0 Å². The van der Waals surface area contributed by atoms with Crippen molar-refractivity contribution in [3.63, 3.8) is 0 Å². The highest BCUT2D eigenvalue weighted by atomic mass is 127. The molecular weight excluding hydrogens is 341 g/mol. The highest BCUT2D eigenvalue weighted by Gasteiger charge is 2.25. The monoisotopic (exact) mass is 363 g/mol. The van der Waals surface area contributed by atoms with Gasteiger partial charge in [0.05, 0.1) is 7.05 Å². The molecule has 0 aromatic carbocycles. The van der Waals surface area contributed by atoms with Gasteiger partial charge in [0.25, 0.3) is 6.33 Å². The fraction of sp³-hybridized carbons (Fsp3) is 0.692. The summed E-state index contributed by atoms with van der Waals surface area (Å²) < 4.78 is 3.56. The summed E-state index contributed by atoms with van der Waals surface area (Å²) >= 11 is 0. The van der Waals surface area contributed by atoms with E-state index in [4.69, 9.17) is 0 Å². The number of likely N-dealkylation sites (tertiary alicyclic amines) is 1. The first-order chi connectivity index (χ1) is 8.20. The molecule has 0 unspecified atom stereocenters. The number of halogens is 1. The molecule has 2 rings (SSSR count). The lowest BCUT2D eigenvalue weighted by atomic mass is 9.93. The van der Waals surface area contributed by atoms with Gasteiger partial charge in [-0.3, -0.25) is 0 Å². The van der Waals surface area contributed by atoms with Crippen LogP contribution in [0.4, 0.5) is 4.79 Å². The van der Waals surface area contributed by atoms with Gasteiger partial charge in [0.1, 0.15) is 12.4 Å². The zero-order chi connectivity index (χ0) is 12.3. The molecule has 1 aromatic heterocycles. The summed E-state index contributed by atoms with van der Waals surface area (Å²) in [6.07, 6.45) is 10.4. The number of rotatable bonds is 2. The lowest BCUT2D eigenvalue weighted by Gasteiger charge is -2.30. The lowest BCUT2D eigenvalue weighted by Crippen LogP contribution is -3.00. The zero-order valence-electron chi connectivity index (χ0n) is 11.2. The Kier molecular flexibility index (Phi) is 6.11. The first kappa shape index (κ1) is 15.5. The van der Waals surface area contributed by atoms with Crippen molar-refractivity contribution in [2.75, 3.05) is 13.1 Å². The molecular formula is C13H22IN3O. The molecule has 0 N–H and O–H groups in total. The average Bonchev–Trinajstić information content (AvgIpc) is 2.76. The van der Waals surface area contributed by atoms with Gasteiger partial charge in [-0.15, -0.1) is 0 Å². The van der Waals surface area contributed by atoms with Crippen molar-refractivity contribution < 1.29 is 33.3 Å². The molecule has 1 aliphatic heterocycles. The first-order valence-electron chi connectivity index (χ1n) is 6.53. The zero-order valence-corrected chi connectivity index (χ0v) is 13.3. The number of aryl methyl sites for hydroxylation is 1. The van der Waals surface area contributed by atoms with Crippen molar-refractivity contribution >= 4 is 6.03 Å². The molecule has 2 heterocycles. The van der Waals surface area contributed by atoms with E-state index >= 15 is 0 Å². The van der Waals surface area contributed by atoms with Gasteiger partial charge in [0.15, 0.2) is 0 Å². The standard InChI is InChI=1S/C13H22N3O.HI/c1-3-4-12-5-7-15(8-6-12)13(17)16-10-9-14(2)11-16;/h9-12H,3-8H2,1-2H3;1H/q+1;/p-1. The summed E-state index contributed by atoms with van der Waals surface area (Å²) in [6.45, 7) is 4.05. The third-order valence-electron chi connectivity index (χ3n) is 3.57. The maximum atomic E-state index is 12.2. The highest BCUT2D eigenvalue weighted by molar-refractivity contribution is 5.76. The quantitative estimate of drug-likeness (QED) is 0.479. The summed E-state index contributed by atoms with van der Waals surface area (Å²) in [4.78, 5) is 14.1. The molecule has 0 spiro atoms. The van der Waals surface area contributed by atoms with Crippen LogP contribution in [0.3, 0.4) is 0 Å². The molecule has 18 heavy (non-hydrogen) atoms. The molecule has 1 saturated heterocycles. The number of imidazole rings is 1. The third-order valence-corrected chi connectivity index (χ3v) is 3.57. The minimum absolute atomic E-state index is 0.